The van der Waals surface area contributed by atoms with E-state index in [0.29, 0.717) is 17.8 Å². The molecule has 0 aliphatic rings. The van der Waals surface area contributed by atoms with Gasteiger partial charge in [0.05, 0.1) is 5.56 Å². The maximum absolute atomic E-state index is 12.1. The number of nitrogens with zero attached hydrogens (tertiary/aromatic N) is 2. The van der Waals surface area contributed by atoms with Crippen molar-refractivity contribution in [3.8, 4) is 0 Å². The third kappa shape index (κ3) is 2.47. The fourth-order valence-electron chi connectivity index (χ4n) is 1.72. The van der Waals surface area contributed by atoms with Crippen molar-refractivity contribution in [3.63, 3.8) is 0 Å². The van der Waals surface area contributed by atoms with Crippen LogP contribution in [0.5, 0.6) is 0 Å². The minimum Gasteiger partial charge on any atom is -0.383 e. The molecule has 2 heterocycles. The van der Waals surface area contributed by atoms with E-state index >= 15 is 0 Å². The highest BCUT2D eigenvalue weighted by Crippen LogP contribution is 2.16. The molecule has 0 atom stereocenters. The normalized spacial score (nSPS) is 10.2. The molecule has 0 unspecified atom stereocenters. The number of rotatable bonds is 3. The second-order valence-electron chi connectivity index (χ2n) is 3.85. The van der Waals surface area contributed by atoms with Crippen LogP contribution in [0.2, 0.25) is 0 Å². The molecule has 0 amide bonds. The summed E-state index contributed by atoms with van der Waals surface area (Å²) in [5.74, 6) is 0.264. The number of carbonyl (C=O) groups is 1. The molecule has 4 heteroatoms. The Morgan fingerprint density at radius 2 is 2.18 bits per heavy atom. The number of Topliss-reactive ketones (excluding diaryl/α,β-unsaturated/α-hetero) is 1. The zero-order chi connectivity index (χ0) is 12.3. The number of ketones is 1. The monoisotopic (exact) mass is 227 g/mol. The Balaban J connectivity index is 2.27. The molecule has 2 aromatic heterocycles. The van der Waals surface area contributed by atoms with E-state index in [1.54, 1.807) is 24.7 Å². The van der Waals surface area contributed by atoms with E-state index in [4.69, 9.17) is 5.73 Å². The van der Waals surface area contributed by atoms with Gasteiger partial charge in [0.2, 0.25) is 0 Å². The highest BCUT2D eigenvalue weighted by Gasteiger charge is 2.14. The lowest BCUT2D eigenvalue weighted by Gasteiger charge is -2.07. The summed E-state index contributed by atoms with van der Waals surface area (Å²) in [4.78, 5) is 20.0. The lowest BCUT2D eigenvalue weighted by atomic mass is 10.0. The van der Waals surface area contributed by atoms with Gasteiger partial charge in [-0.2, -0.15) is 0 Å². The van der Waals surface area contributed by atoms with Crippen molar-refractivity contribution in [2.24, 2.45) is 0 Å². The van der Waals surface area contributed by atoms with E-state index in [1.807, 2.05) is 19.1 Å². The van der Waals surface area contributed by atoms with E-state index in [1.165, 1.54) is 0 Å². The summed E-state index contributed by atoms with van der Waals surface area (Å²) >= 11 is 0. The summed E-state index contributed by atoms with van der Waals surface area (Å²) < 4.78 is 0. The number of nitrogens with two attached hydrogens (primary N) is 1. The van der Waals surface area contributed by atoms with Gasteiger partial charge in [0.1, 0.15) is 5.82 Å². The Kier molecular flexibility index (Phi) is 3.14. The van der Waals surface area contributed by atoms with Gasteiger partial charge in [-0.25, -0.2) is 4.98 Å². The van der Waals surface area contributed by atoms with E-state index < -0.39 is 0 Å². The van der Waals surface area contributed by atoms with Crippen molar-refractivity contribution in [2.75, 3.05) is 5.73 Å². The van der Waals surface area contributed by atoms with Crippen molar-refractivity contribution >= 4 is 11.6 Å². The van der Waals surface area contributed by atoms with Crippen LogP contribution in [0.1, 0.15) is 21.5 Å². The summed E-state index contributed by atoms with van der Waals surface area (Å²) in [6, 6.07) is 5.46. The van der Waals surface area contributed by atoms with Gasteiger partial charge in [-0.15, -0.1) is 0 Å². The van der Waals surface area contributed by atoms with Gasteiger partial charge in [-0.05, 0) is 30.2 Å². The van der Waals surface area contributed by atoms with Gasteiger partial charge in [0.25, 0.3) is 0 Å². The smallest absolute Gasteiger partial charge is 0.171 e. The molecule has 0 fully saturated rings. The van der Waals surface area contributed by atoms with Crippen molar-refractivity contribution in [1.29, 1.82) is 0 Å². The number of carbonyl (C=O) groups excluding carboxylic acids is 1. The van der Waals surface area contributed by atoms with Gasteiger partial charge in [-0.1, -0.05) is 6.07 Å². The molecular formula is C13H13N3O. The van der Waals surface area contributed by atoms with Crippen LogP contribution in [0.4, 0.5) is 5.82 Å². The number of aromatic nitrogens is 2. The van der Waals surface area contributed by atoms with Crippen molar-refractivity contribution in [1.82, 2.24) is 9.97 Å². The first-order valence-electron chi connectivity index (χ1n) is 5.31. The third-order valence-electron chi connectivity index (χ3n) is 2.55. The second-order valence-corrected chi connectivity index (χ2v) is 3.85. The maximum Gasteiger partial charge on any atom is 0.171 e. The lowest BCUT2D eigenvalue weighted by molar-refractivity contribution is 0.0993. The SMILES string of the molecule is Cc1ccnc(N)c1C(=O)Cc1cccnc1. The van der Waals surface area contributed by atoms with Gasteiger partial charge < -0.3 is 5.73 Å². The minimum absolute atomic E-state index is 0.0268. The molecule has 0 bridgehead atoms. The van der Waals surface area contributed by atoms with Crippen LogP contribution in [0.15, 0.2) is 36.8 Å². The molecule has 4 nitrogen and oxygen atoms in total. The van der Waals surface area contributed by atoms with E-state index in [-0.39, 0.29) is 5.78 Å². The van der Waals surface area contributed by atoms with Crippen LogP contribution in [-0.4, -0.2) is 15.8 Å². The lowest BCUT2D eigenvalue weighted by Crippen LogP contribution is -2.10. The van der Waals surface area contributed by atoms with Crippen molar-refractivity contribution in [3.05, 3.63) is 53.5 Å². The molecule has 86 valence electrons. The molecule has 0 spiro atoms. The summed E-state index contributed by atoms with van der Waals surface area (Å²) in [5.41, 5.74) is 7.97. The van der Waals surface area contributed by atoms with Crippen LogP contribution in [0, 0.1) is 6.92 Å². The van der Waals surface area contributed by atoms with Crippen LogP contribution >= 0.6 is 0 Å². The average molecular weight is 227 g/mol. The first kappa shape index (κ1) is 11.3. The Bertz CT molecular complexity index is 517. The number of anilines is 1. The van der Waals surface area contributed by atoms with E-state index in [2.05, 4.69) is 9.97 Å². The average Bonchev–Trinajstić information content (AvgIpc) is 2.30. The topological polar surface area (TPSA) is 68.9 Å². The third-order valence-corrected chi connectivity index (χ3v) is 2.55. The van der Waals surface area contributed by atoms with Crippen LogP contribution in [-0.2, 0) is 6.42 Å². The number of pyridine rings is 2. The molecule has 0 aliphatic carbocycles. The van der Waals surface area contributed by atoms with Crippen LogP contribution in [0.3, 0.4) is 0 Å². The van der Waals surface area contributed by atoms with Crippen LogP contribution < -0.4 is 5.73 Å². The molecule has 0 radical (unpaired) electrons. The number of hydrogen-bond acceptors (Lipinski definition) is 4. The largest absolute Gasteiger partial charge is 0.383 e. The minimum atomic E-state index is -0.0268. The first-order chi connectivity index (χ1) is 8.18. The number of aryl methyl sites for hydroxylation is 1. The molecule has 0 saturated carbocycles. The van der Waals surface area contributed by atoms with Crippen LogP contribution in [0.25, 0.3) is 0 Å². The second kappa shape index (κ2) is 4.74. The molecule has 0 aliphatic heterocycles. The maximum atomic E-state index is 12.1. The molecule has 17 heavy (non-hydrogen) atoms. The van der Waals surface area contributed by atoms with Gasteiger partial charge in [-0.3, -0.25) is 9.78 Å². The summed E-state index contributed by atoms with van der Waals surface area (Å²) in [6.07, 6.45) is 5.26. The van der Waals surface area contributed by atoms with Crippen molar-refractivity contribution < 1.29 is 4.79 Å². The molecular weight excluding hydrogens is 214 g/mol. The van der Waals surface area contributed by atoms with Gasteiger partial charge >= 0.3 is 0 Å². The summed E-state index contributed by atoms with van der Waals surface area (Å²) in [6.45, 7) is 1.86. The highest BCUT2D eigenvalue weighted by atomic mass is 16.1. The fourth-order valence-corrected chi connectivity index (χ4v) is 1.72. The molecule has 2 aromatic rings. The Morgan fingerprint density at radius 1 is 1.35 bits per heavy atom. The Morgan fingerprint density at radius 3 is 2.82 bits per heavy atom. The van der Waals surface area contributed by atoms with Gasteiger partial charge in [0, 0.05) is 25.0 Å². The molecule has 2 rings (SSSR count). The van der Waals surface area contributed by atoms with E-state index in [0.717, 1.165) is 11.1 Å². The number of hydrogen-bond donors (Lipinski definition) is 1. The zero-order valence-electron chi connectivity index (χ0n) is 9.55. The quantitative estimate of drug-likeness (QED) is 0.812. The fraction of sp³-hybridized carbons (Fsp3) is 0.154. The molecule has 0 saturated heterocycles. The predicted octanol–water partition coefficient (Wildman–Crippen LogP) is 1.79. The Labute approximate surface area is 99.5 Å². The van der Waals surface area contributed by atoms with Crippen molar-refractivity contribution in [2.45, 2.75) is 13.3 Å². The Hall–Kier alpha value is -2.23. The predicted molar refractivity (Wildman–Crippen MR) is 65.7 cm³/mol. The summed E-state index contributed by atoms with van der Waals surface area (Å²) in [7, 11) is 0. The zero-order valence-corrected chi connectivity index (χ0v) is 9.55. The summed E-state index contributed by atoms with van der Waals surface area (Å²) in [5, 5.41) is 0. The first-order valence-corrected chi connectivity index (χ1v) is 5.31. The standard InChI is InChI=1S/C13H13N3O/c1-9-4-6-16-13(14)12(9)11(17)7-10-3-2-5-15-8-10/h2-6,8H,7H2,1H3,(H2,14,16). The molecule has 2 N–H and O–H groups in total. The molecule has 0 aromatic carbocycles. The number of nitrogen functional groups attached to an aromatic ring is 1. The highest BCUT2D eigenvalue weighted by molar-refractivity contribution is 6.02. The van der Waals surface area contributed by atoms with Gasteiger partial charge in [0.15, 0.2) is 5.78 Å². The van der Waals surface area contributed by atoms with E-state index in [9.17, 15) is 4.79 Å².